The molecule has 0 bridgehead atoms. The highest BCUT2D eigenvalue weighted by molar-refractivity contribution is 5.95. The van der Waals surface area contributed by atoms with Crippen molar-refractivity contribution in [3.05, 3.63) is 36.0 Å². The highest BCUT2D eigenvalue weighted by Crippen LogP contribution is 2.23. The number of nitrogens with zero attached hydrogens (tertiary/aromatic N) is 1. The number of carboxylic acids is 1. The van der Waals surface area contributed by atoms with Crippen molar-refractivity contribution >= 4 is 34.6 Å². The molecule has 0 radical (unpaired) electrons. The quantitative estimate of drug-likeness (QED) is 0.332. The van der Waals surface area contributed by atoms with E-state index in [1.165, 1.54) is 4.90 Å². The van der Waals surface area contributed by atoms with E-state index in [0.29, 0.717) is 19.4 Å². The number of carboxylic acid groups (broad SMARTS) is 1. The lowest BCUT2D eigenvalue weighted by molar-refractivity contribution is -0.145. The van der Waals surface area contributed by atoms with E-state index in [-0.39, 0.29) is 18.3 Å². The predicted molar refractivity (Wildman–Crippen MR) is 136 cm³/mol. The largest absolute Gasteiger partial charge is 0.480 e. The van der Waals surface area contributed by atoms with Crippen LogP contribution in [0, 0.1) is 11.8 Å². The first kappa shape index (κ1) is 27.2. The Bertz CT molecular complexity index is 1110. The third kappa shape index (κ3) is 6.04. The number of hydrogen-bond acceptors (Lipinski definition) is 5. The normalized spacial score (nSPS) is 18.3. The number of aromatic amines is 1. The number of benzene rings is 1. The molecule has 4 unspecified atom stereocenters. The Balaban J connectivity index is 1.85. The minimum Gasteiger partial charge on any atom is -0.480 e. The fraction of sp³-hybridized carbons (Fsp3) is 0.538. The van der Waals surface area contributed by atoms with Gasteiger partial charge in [0.15, 0.2) is 0 Å². The zero-order valence-electron chi connectivity index (χ0n) is 21.3. The molecule has 4 atom stereocenters. The number of carbonyl (C=O) groups excluding carboxylic acids is 3. The van der Waals surface area contributed by atoms with Gasteiger partial charge in [0.2, 0.25) is 17.7 Å². The SMILES string of the molecule is CC(C)C(N)C(=O)NC(Cc1c[nH]c2ccccc12)C(=O)N1CCCC1C(=O)NC(C(=O)O)C(C)C. The van der Waals surface area contributed by atoms with Crippen molar-refractivity contribution in [1.29, 1.82) is 0 Å². The number of H-pyrrole nitrogens is 1. The summed E-state index contributed by atoms with van der Waals surface area (Å²) in [5, 5.41) is 15.8. The second kappa shape index (κ2) is 11.6. The number of nitrogens with two attached hydrogens (primary N) is 1. The zero-order chi connectivity index (χ0) is 26.6. The van der Waals surface area contributed by atoms with Crippen molar-refractivity contribution in [1.82, 2.24) is 20.5 Å². The Morgan fingerprint density at radius 2 is 1.81 bits per heavy atom. The van der Waals surface area contributed by atoms with Gasteiger partial charge in [0, 0.05) is 30.1 Å². The lowest BCUT2D eigenvalue weighted by Gasteiger charge is -2.30. The van der Waals surface area contributed by atoms with Gasteiger partial charge in [0.25, 0.3) is 0 Å². The molecule has 2 heterocycles. The van der Waals surface area contributed by atoms with Crippen LogP contribution in [0.1, 0.15) is 46.1 Å². The van der Waals surface area contributed by atoms with E-state index >= 15 is 0 Å². The van der Waals surface area contributed by atoms with Crippen molar-refractivity contribution in [2.75, 3.05) is 6.54 Å². The monoisotopic (exact) mass is 499 g/mol. The second-order valence-electron chi connectivity index (χ2n) is 10.2. The molecular weight excluding hydrogens is 462 g/mol. The van der Waals surface area contributed by atoms with Crippen LogP contribution in [0.4, 0.5) is 0 Å². The van der Waals surface area contributed by atoms with Crippen LogP contribution in [0.2, 0.25) is 0 Å². The first-order valence-electron chi connectivity index (χ1n) is 12.5. The van der Waals surface area contributed by atoms with Crippen molar-refractivity contribution in [2.24, 2.45) is 17.6 Å². The molecule has 0 aliphatic carbocycles. The van der Waals surface area contributed by atoms with E-state index in [4.69, 9.17) is 5.73 Å². The van der Waals surface area contributed by atoms with Crippen LogP contribution in [0.25, 0.3) is 10.9 Å². The Kier molecular flexibility index (Phi) is 8.73. The average molecular weight is 500 g/mol. The number of nitrogens with one attached hydrogen (secondary N) is 3. The molecule has 196 valence electrons. The Morgan fingerprint density at radius 1 is 1.11 bits per heavy atom. The van der Waals surface area contributed by atoms with E-state index in [2.05, 4.69) is 15.6 Å². The molecule has 3 rings (SSSR count). The lowest BCUT2D eigenvalue weighted by Crippen LogP contribution is -2.58. The van der Waals surface area contributed by atoms with Crippen molar-refractivity contribution in [3.8, 4) is 0 Å². The summed E-state index contributed by atoms with van der Waals surface area (Å²) in [6, 6.07) is 4.09. The molecule has 10 nitrogen and oxygen atoms in total. The first-order valence-corrected chi connectivity index (χ1v) is 12.5. The van der Waals surface area contributed by atoms with Gasteiger partial charge in [-0.1, -0.05) is 45.9 Å². The molecule has 1 aliphatic heterocycles. The second-order valence-corrected chi connectivity index (χ2v) is 10.2. The number of fused-ring (bicyclic) bond motifs is 1. The van der Waals surface area contributed by atoms with E-state index in [0.717, 1.165) is 16.5 Å². The van der Waals surface area contributed by atoms with Crippen LogP contribution < -0.4 is 16.4 Å². The van der Waals surface area contributed by atoms with Crippen molar-refractivity contribution < 1.29 is 24.3 Å². The van der Waals surface area contributed by atoms with Crippen LogP contribution in [-0.4, -0.2) is 69.4 Å². The molecule has 6 N–H and O–H groups in total. The van der Waals surface area contributed by atoms with E-state index in [9.17, 15) is 24.3 Å². The van der Waals surface area contributed by atoms with Crippen LogP contribution in [0.15, 0.2) is 30.5 Å². The fourth-order valence-electron chi connectivity index (χ4n) is 4.56. The van der Waals surface area contributed by atoms with Gasteiger partial charge in [-0.3, -0.25) is 14.4 Å². The Hall–Kier alpha value is -3.40. The summed E-state index contributed by atoms with van der Waals surface area (Å²) in [6.45, 7) is 7.42. The summed E-state index contributed by atoms with van der Waals surface area (Å²) in [6.07, 6.45) is 3.05. The first-order chi connectivity index (χ1) is 17.0. The van der Waals surface area contributed by atoms with E-state index in [1.807, 2.05) is 44.3 Å². The maximum Gasteiger partial charge on any atom is 0.326 e. The van der Waals surface area contributed by atoms with E-state index in [1.54, 1.807) is 13.8 Å². The van der Waals surface area contributed by atoms with E-state index < -0.39 is 47.9 Å². The lowest BCUT2D eigenvalue weighted by atomic mass is 10.0. The molecular formula is C26H37N5O5. The van der Waals surface area contributed by atoms with Crippen LogP contribution in [-0.2, 0) is 25.6 Å². The third-order valence-electron chi connectivity index (χ3n) is 6.80. The number of aromatic nitrogens is 1. The minimum atomic E-state index is -1.12. The smallest absolute Gasteiger partial charge is 0.326 e. The Morgan fingerprint density at radius 3 is 2.44 bits per heavy atom. The topological polar surface area (TPSA) is 158 Å². The number of aliphatic carboxylic acids is 1. The summed E-state index contributed by atoms with van der Waals surface area (Å²) >= 11 is 0. The maximum absolute atomic E-state index is 13.8. The van der Waals surface area contributed by atoms with Crippen molar-refractivity contribution in [3.63, 3.8) is 0 Å². The number of amides is 3. The third-order valence-corrected chi connectivity index (χ3v) is 6.80. The summed E-state index contributed by atoms with van der Waals surface area (Å²) in [4.78, 5) is 55.9. The zero-order valence-corrected chi connectivity index (χ0v) is 21.3. The van der Waals surface area contributed by atoms with Crippen molar-refractivity contribution in [2.45, 2.75) is 71.1 Å². The molecule has 1 fully saturated rings. The minimum absolute atomic E-state index is 0.122. The highest BCUT2D eigenvalue weighted by Gasteiger charge is 2.39. The molecule has 3 amide bonds. The highest BCUT2D eigenvalue weighted by atomic mass is 16.4. The average Bonchev–Trinajstić information content (AvgIpc) is 3.48. The maximum atomic E-state index is 13.8. The molecule has 1 aromatic heterocycles. The van der Waals surface area contributed by atoms with Gasteiger partial charge in [-0.2, -0.15) is 0 Å². The summed E-state index contributed by atoms with van der Waals surface area (Å²) in [5.74, 6) is -2.89. The molecule has 1 saturated heterocycles. The van der Waals surface area contributed by atoms with Gasteiger partial charge in [-0.15, -0.1) is 0 Å². The van der Waals surface area contributed by atoms with Gasteiger partial charge in [0.1, 0.15) is 18.1 Å². The van der Waals surface area contributed by atoms with Crippen LogP contribution in [0.5, 0.6) is 0 Å². The Labute approximate surface area is 211 Å². The number of hydrogen-bond donors (Lipinski definition) is 5. The van der Waals surface area contributed by atoms with Gasteiger partial charge < -0.3 is 31.4 Å². The standard InChI is InChI=1S/C26H37N5O5/c1-14(2)21(27)24(33)29-19(12-16-13-28-18-9-6-5-8-17(16)18)25(34)31-11-7-10-20(31)23(32)30-22(15(3)4)26(35)36/h5-6,8-9,13-15,19-22,28H,7,10-12,27H2,1-4H3,(H,29,33)(H,30,32)(H,35,36). The molecule has 1 aromatic carbocycles. The number of carbonyl (C=O) groups is 4. The van der Waals surface area contributed by atoms with Gasteiger partial charge >= 0.3 is 5.97 Å². The van der Waals surface area contributed by atoms with Gasteiger partial charge in [-0.25, -0.2) is 4.79 Å². The van der Waals surface area contributed by atoms with Crippen LogP contribution in [0.3, 0.4) is 0 Å². The molecule has 36 heavy (non-hydrogen) atoms. The molecule has 2 aromatic rings. The summed E-state index contributed by atoms with van der Waals surface area (Å²) in [5.41, 5.74) is 7.82. The number of likely N-dealkylation sites (tertiary alicyclic amines) is 1. The summed E-state index contributed by atoms with van der Waals surface area (Å²) < 4.78 is 0. The van der Waals surface area contributed by atoms with Gasteiger partial charge in [0.05, 0.1) is 6.04 Å². The van der Waals surface area contributed by atoms with Crippen LogP contribution >= 0.6 is 0 Å². The number of rotatable bonds is 10. The number of para-hydroxylation sites is 1. The molecule has 10 heteroatoms. The molecule has 1 aliphatic rings. The molecule has 0 spiro atoms. The fourth-order valence-corrected chi connectivity index (χ4v) is 4.56. The summed E-state index contributed by atoms with van der Waals surface area (Å²) in [7, 11) is 0. The predicted octanol–water partition coefficient (Wildman–Crippen LogP) is 1.39. The van der Waals surface area contributed by atoms with Gasteiger partial charge in [-0.05, 0) is 36.3 Å². The molecule has 0 saturated carbocycles.